The molecule has 3 rings (SSSR count). The summed E-state index contributed by atoms with van der Waals surface area (Å²) < 4.78 is 74.5. The third-order valence-corrected chi connectivity index (χ3v) is 11.0. The van der Waals surface area contributed by atoms with Gasteiger partial charge in [0.1, 0.15) is 5.75 Å². The second kappa shape index (κ2) is 14.5. The van der Waals surface area contributed by atoms with Crippen molar-refractivity contribution in [1.29, 1.82) is 0 Å². The summed E-state index contributed by atoms with van der Waals surface area (Å²) in [5.41, 5.74) is 4.00. The highest BCUT2D eigenvalue weighted by atomic mass is 32.2. The van der Waals surface area contributed by atoms with Crippen molar-refractivity contribution in [2.75, 3.05) is 17.3 Å². The molecule has 0 saturated heterocycles. The molecule has 9 heteroatoms. The molecule has 2 nitrogen and oxygen atoms in total. The summed E-state index contributed by atoms with van der Waals surface area (Å²) in [4.78, 5) is 1.17. The van der Waals surface area contributed by atoms with Crippen LogP contribution in [0.1, 0.15) is 93.7 Å². The lowest BCUT2D eigenvalue weighted by Crippen LogP contribution is -2.37. The summed E-state index contributed by atoms with van der Waals surface area (Å²) >= 11 is 1.82. The number of alkyl halides is 5. The zero-order chi connectivity index (χ0) is 29.4. The minimum atomic E-state index is -5.54. The molecule has 0 aliphatic carbocycles. The van der Waals surface area contributed by atoms with Crippen LogP contribution in [-0.2, 0) is 16.2 Å². The van der Waals surface area contributed by atoms with Gasteiger partial charge in [-0.05, 0) is 60.9 Å². The third-order valence-electron chi connectivity index (χ3n) is 8.07. The number of hydrogen-bond donors (Lipinski definition) is 1. The van der Waals surface area contributed by atoms with E-state index in [1.807, 2.05) is 17.8 Å². The molecule has 1 heterocycles. The van der Waals surface area contributed by atoms with Crippen molar-refractivity contribution in [2.24, 2.45) is 0 Å². The molecule has 2 aromatic rings. The predicted octanol–water partition coefficient (Wildman–Crippen LogP) is 9.70. The Kier molecular flexibility index (Phi) is 11.9. The summed E-state index contributed by atoms with van der Waals surface area (Å²) in [6.07, 6.45) is 0.760. The summed E-state index contributed by atoms with van der Waals surface area (Å²) in [5.74, 6) is -2.85. The largest absolute Gasteiger partial charge is 0.508 e. The van der Waals surface area contributed by atoms with E-state index in [2.05, 4.69) is 44.2 Å². The van der Waals surface area contributed by atoms with Crippen LogP contribution in [0.25, 0.3) is 0 Å². The molecule has 0 aromatic heterocycles. The Morgan fingerprint density at radius 1 is 0.925 bits per heavy atom. The maximum Gasteiger partial charge on any atom is 0.453 e. The predicted molar refractivity (Wildman–Crippen MR) is 155 cm³/mol. The first-order valence-corrected chi connectivity index (χ1v) is 16.6. The Labute approximate surface area is 242 Å². The lowest BCUT2D eigenvalue weighted by Gasteiger charge is -2.44. The van der Waals surface area contributed by atoms with Crippen LogP contribution in [0, 0.1) is 6.92 Å². The first-order chi connectivity index (χ1) is 18.8. The highest BCUT2D eigenvalue weighted by Gasteiger charge is 2.56. The molecule has 40 heavy (non-hydrogen) atoms. The second-order valence-corrected chi connectivity index (χ2v) is 13.9. The van der Waals surface area contributed by atoms with Crippen molar-refractivity contribution in [2.45, 2.75) is 106 Å². The van der Waals surface area contributed by atoms with Gasteiger partial charge in [0.2, 0.25) is 0 Å². The SMILES string of the molecule is Cc1ccccc1[C@@]1(C)CSc2cc(O)ccc2[C@H]1CCCCCCCCCS(=O)CCCC(F)(F)C(F)(F)F. The topological polar surface area (TPSA) is 37.3 Å². The molecule has 1 aliphatic rings. The Balaban J connectivity index is 1.39. The van der Waals surface area contributed by atoms with E-state index in [4.69, 9.17) is 0 Å². The van der Waals surface area contributed by atoms with E-state index < -0.39 is 35.7 Å². The average molecular weight is 605 g/mol. The molecule has 1 aliphatic heterocycles. The first kappa shape index (κ1) is 32.9. The molecular formula is C31H41F5O2S2. The number of rotatable bonds is 15. The lowest BCUT2D eigenvalue weighted by molar-refractivity contribution is -0.284. The average Bonchev–Trinajstić information content (AvgIpc) is 2.88. The monoisotopic (exact) mass is 604 g/mol. The van der Waals surface area contributed by atoms with Gasteiger partial charge in [-0.3, -0.25) is 4.21 Å². The number of fused-ring (bicyclic) bond motifs is 1. The highest BCUT2D eigenvalue weighted by Crippen LogP contribution is 2.53. The van der Waals surface area contributed by atoms with E-state index >= 15 is 0 Å². The van der Waals surface area contributed by atoms with Gasteiger partial charge < -0.3 is 5.11 Å². The fourth-order valence-corrected chi connectivity index (χ4v) is 8.34. The Hall–Kier alpha value is -1.61. The third kappa shape index (κ3) is 8.70. The second-order valence-electron chi connectivity index (χ2n) is 11.2. The molecule has 0 amide bonds. The maximum absolute atomic E-state index is 12.9. The maximum atomic E-state index is 12.9. The van der Waals surface area contributed by atoms with Crippen molar-refractivity contribution in [3.05, 3.63) is 59.2 Å². The molecule has 2 aromatic carbocycles. The van der Waals surface area contributed by atoms with Gasteiger partial charge in [0, 0.05) is 44.8 Å². The standard InChI is InChI=1S/C31H41F5O2S2/c1-23-13-9-10-14-26(23)29(2)22-39-28-21-24(37)16-17-25(28)27(29)15-8-6-4-3-5-7-11-19-40(38)20-12-18-30(32,33)31(34,35)36/h9-10,13-14,16-17,21,27,37H,3-8,11-12,15,18-20,22H2,1-2H3/t27-,29-,40?/m1/s1. The van der Waals surface area contributed by atoms with Crippen molar-refractivity contribution in [3.8, 4) is 5.75 Å². The molecule has 0 bridgehead atoms. The molecule has 0 fully saturated rings. The normalized spacial score (nSPS) is 20.3. The molecular weight excluding hydrogens is 563 g/mol. The van der Waals surface area contributed by atoms with Crippen LogP contribution in [0.2, 0.25) is 0 Å². The van der Waals surface area contributed by atoms with Crippen LogP contribution < -0.4 is 0 Å². The van der Waals surface area contributed by atoms with E-state index in [0.717, 1.165) is 50.7 Å². The zero-order valence-corrected chi connectivity index (χ0v) is 25.0. The summed E-state index contributed by atoms with van der Waals surface area (Å²) in [5, 5.41) is 10.0. The molecule has 0 saturated carbocycles. The van der Waals surface area contributed by atoms with Crippen molar-refractivity contribution in [3.63, 3.8) is 0 Å². The van der Waals surface area contributed by atoms with E-state index in [9.17, 15) is 31.3 Å². The van der Waals surface area contributed by atoms with Gasteiger partial charge in [-0.25, -0.2) is 0 Å². The summed E-state index contributed by atoms with van der Waals surface area (Å²) in [7, 11) is -1.36. The van der Waals surface area contributed by atoms with Crippen molar-refractivity contribution in [1.82, 2.24) is 0 Å². The van der Waals surface area contributed by atoms with Crippen LogP contribution >= 0.6 is 11.8 Å². The Morgan fingerprint density at radius 3 is 2.23 bits per heavy atom. The molecule has 224 valence electrons. The zero-order valence-electron chi connectivity index (χ0n) is 23.4. The fraction of sp³-hybridized carbons (Fsp3) is 0.613. The van der Waals surface area contributed by atoms with Crippen LogP contribution in [-0.4, -0.2) is 38.7 Å². The summed E-state index contributed by atoms with van der Waals surface area (Å²) in [6, 6.07) is 14.4. The number of phenolic OH excluding ortho intramolecular Hbond substituents is 1. The molecule has 0 radical (unpaired) electrons. The van der Waals surface area contributed by atoms with Gasteiger partial charge in [0.15, 0.2) is 0 Å². The summed E-state index contributed by atoms with van der Waals surface area (Å²) in [6.45, 7) is 4.55. The Bertz CT molecular complexity index is 1120. The van der Waals surface area contributed by atoms with Crippen LogP contribution in [0.5, 0.6) is 5.75 Å². The van der Waals surface area contributed by atoms with Crippen LogP contribution in [0.15, 0.2) is 47.4 Å². The number of hydrogen-bond acceptors (Lipinski definition) is 3. The minimum Gasteiger partial charge on any atom is -0.508 e. The quantitative estimate of drug-likeness (QED) is 0.162. The lowest BCUT2D eigenvalue weighted by atomic mass is 9.67. The molecule has 1 unspecified atom stereocenters. The number of unbranched alkanes of at least 4 members (excludes halogenated alkanes) is 6. The van der Waals surface area contributed by atoms with Gasteiger partial charge in [-0.2, -0.15) is 22.0 Å². The number of aryl methyl sites for hydroxylation is 1. The van der Waals surface area contributed by atoms with E-state index in [-0.39, 0.29) is 11.2 Å². The van der Waals surface area contributed by atoms with Gasteiger partial charge in [0.05, 0.1) is 0 Å². The minimum absolute atomic E-state index is 0.00171. The molecule has 1 N–H and O–H groups in total. The molecule has 0 spiro atoms. The van der Waals surface area contributed by atoms with Gasteiger partial charge in [0.25, 0.3) is 0 Å². The fourth-order valence-electron chi connectivity index (χ4n) is 5.75. The number of aromatic hydroxyl groups is 1. The smallest absolute Gasteiger partial charge is 0.453 e. The van der Waals surface area contributed by atoms with Gasteiger partial charge >= 0.3 is 12.1 Å². The van der Waals surface area contributed by atoms with Crippen molar-refractivity contribution >= 4 is 22.6 Å². The first-order valence-electron chi connectivity index (χ1n) is 14.2. The Morgan fingerprint density at radius 2 is 1.55 bits per heavy atom. The van der Waals surface area contributed by atoms with E-state index in [1.54, 1.807) is 6.07 Å². The van der Waals surface area contributed by atoms with Gasteiger partial charge in [-0.1, -0.05) is 75.8 Å². The number of benzene rings is 2. The van der Waals surface area contributed by atoms with E-state index in [0.29, 0.717) is 23.8 Å². The number of halogens is 5. The van der Waals surface area contributed by atoms with Crippen LogP contribution in [0.4, 0.5) is 22.0 Å². The van der Waals surface area contributed by atoms with Gasteiger partial charge in [-0.15, -0.1) is 11.8 Å². The number of thioether (sulfide) groups is 1. The highest BCUT2D eigenvalue weighted by molar-refractivity contribution is 7.99. The van der Waals surface area contributed by atoms with Crippen LogP contribution in [0.3, 0.4) is 0 Å². The van der Waals surface area contributed by atoms with E-state index in [1.165, 1.54) is 21.6 Å². The molecule has 3 atom stereocenters. The van der Waals surface area contributed by atoms with Crippen molar-refractivity contribution < 1.29 is 31.3 Å². The number of phenols is 1.